The van der Waals surface area contributed by atoms with Crippen molar-refractivity contribution in [1.82, 2.24) is 4.90 Å². The van der Waals surface area contributed by atoms with Crippen molar-refractivity contribution in [3.63, 3.8) is 0 Å². The summed E-state index contributed by atoms with van der Waals surface area (Å²) in [5, 5.41) is 9.86. The van der Waals surface area contributed by atoms with Crippen LogP contribution in [0.1, 0.15) is 10.4 Å². The molecule has 3 aromatic carbocycles. The van der Waals surface area contributed by atoms with E-state index < -0.39 is 0 Å². The number of carbonyl (C=O) groups is 1. The fourth-order valence-electron chi connectivity index (χ4n) is 3.93. The van der Waals surface area contributed by atoms with Crippen LogP contribution in [0, 0.1) is 0 Å². The number of methoxy groups -OCH3 is 2. The Bertz CT molecular complexity index is 1290. The molecule has 1 aliphatic rings. The lowest BCUT2D eigenvalue weighted by Crippen LogP contribution is -2.38. The van der Waals surface area contributed by atoms with Crippen molar-refractivity contribution < 1.29 is 23.7 Å². The summed E-state index contributed by atoms with van der Waals surface area (Å²) in [6.07, 6.45) is 0. The summed E-state index contributed by atoms with van der Waals surface area (Å²) in [4.78, 5) is 15.1. The SMILES string of the molecule is COc1cc(OC)c(NC(=S)Nc2ccc(NC(=O)c3cccc(OCCN4CCOCC4)c3)cc2)cc1Cl. The van der Waals surface area contributed by atoms with E-state index in [1.165, 1.54) is 7.11 Å². The Morgan fingerprint density at radius 1 is 0.949 bits per heavy atom. The highest BCUT2D eigenvalue weighted by Crippen LogP contribution is 2.36. The lowest BCUT2D eigenvalue weighted by Gasteiger charge is -2.26. The van der Waals surface area contributed by atoms with Crippen LogP contribution in [-0.4, -0.2) is 69.6 Å². The number of hydrogen-bond donors (Lipinski definition) is 3. The largest absolute Gasteiger partial charge is 0.495 e. The molecule has 0 saturated carbocycles. The Morgan fingerprint density at radius 2 is 1.64 bits per heavy atom. The van der Waals surface area contributed by atoms with Gasteiger partial charge in [0.1, 0.15) is 23.9 Å². The highest BCUT2D eigenvalue weighted by Gasteiger charge is 2.13. The molecule has 1 saturated heterocycles. The lowest BCUT2D eigenvalue weighted by atomic mass is 10.2. The number of nitrogens with one attached hydrogen (secondary N) is 3. The summed E-state index contributed by atoms with van der Waals surface area (Å²) >= 11 is 11.7. The first-order chi connectivity index (χ1) is 18.9. The van der Waals surface area contributed by atoms with E-state index in [4.69, 9.17) is 42.8 Å². The maximum Gasteiger partial charge on any atom is 0.255 e. The van der Waals surface area contributed by atoms with Gasteiger partial charge in [-0.25, -0.2) is 0 Å². The number of halogens is 1. The van der Waals surface area contributed by atoms with Crippen molar-refractivity contribution >= 4 is 51.9 Å². The zero-order chi connectivity index (χ0) is 27.6. The Kier molecular flexibility index (Phi) is 10.2. The van der Waals surface area contributed by atoms with E-state index in [1.807, 2.05) is 24.3 Å². The average molecular weight is 571 g/mol. The van der Waals surface area contributed by atoms with Gasteiger partial charge in [-0.1, -0.05) is 17.7 Å². The topological polar surface area (TPSA) is 93.3 Å². The van der Waals surface area contributed by atoms with Crippen molar-refractivity contribution in [3.8, 4) is 17.2 Å². The van der Waals surface area contributed by atoms with Crippen LogP contribution in [0.25, 0.3) is 0 Å². The molecule has 206 valence electrons. The smallest absolute Gasteiger partial charge is 0.255 e. The predicted octanol–water partition coefficient (Wildman–Crippen LogP) is 5.13. The minimum atomic E-state index is -0.227. The quantitative estimate of drug-likeness (QED) is 0.287. The number of benzene rings is 3. The van der Waals surface area contributed by atoms with Crippen LogP contribution in [-0.2, 0) is 4.74 Å². The number of carbonyl (C=O) groups excluding carboxylic acids is 1. The molecular formula is C28H31ClN4O5S. The number of amides is 1. The van der Waals surface area contributed by atoms with Crippen molar-refractivity contribution in [3.05, 3.63) is 71.2 Å². The Morgan fingerprint density at radius 3 is 2.33 bits per heavy atom. The maximum absolute atomic E-state index is 12.8. The number of anilines is 3. The molecule has 3 N–H and O–H groups in total. The minimum absolute atomic E-state index is 0.227. The van der Waals surface area contributed by atoms with E-state index in [-0.39, 0.29) is 5.91 Å². The van der Waals surface area contributed by atoms with Gasteiger partial charge in [0.2, 0.25) is 0 Å². The zero-order valence-electron chi connectivity index (χ0n) is 21.8. The molecule has 4 rings (SSSR count). The van der Waals surface area contributed by atoms with Gasteiger partial charge in [0.05, 0.1) is 38.1 Å². The standard InChI is InChI=1S/C28H31ClN4O5S/c1-35-25-18-26(36-2)24(17-23(25)29)32-28(39)31-21-8-6-20(7-9-21)30-27(34)19-4-3-5-22(16-19)38-15-12-33-10-13-37-14-11-33/h3-9,16-18H,10-15H2,1-2H3,(H,30,34)(H2,31,32,39). The summed E-state index contributed by atoms with van der Waals surface area (Å²) in [7, 11) is 3.08. The first-order valence-electron chi connectivity index (χ1n) is 12.4. The molecule has 0 bridgehead atoms. The number of morpholine rings is 1. The van der Waals surface area contributed by atoms with E-state index in [9.17, 15) is 4.79 Å². The first kappa shape index (κ1) is 28.4. The number of thiocarbonyl (C=S) groups is 1. The van der Waals surface area contributed by atoms with Gasteiger partial charge in [-0.05, 0) is 60.7 Å². The average Bonchev–Trinajstić information content (AvgIpc) is 2.95. The lowest BCUT2D eigenvalue weighted by molar-refractivity contribution is 0.0322. The fourth-order valence-corrected chi connectivity index (χ4v) is 4.40. The number of ether oxygens (including phenoxy) is 4. The van der Waals surface area contributed by atoms with E-state index in [0.717, 1.165) is 38.5 Å². The third-order valence-electron chi connectivity index (χ3n) is 6.00. The van der Waals surface area contributed by atoms with Crippen molar-refractivity contribution in [2.24, 2.45) is 0 Å². The molecule has 1 aliphatic heterocycles. The molecule has 0 atom stereocenters. The fraction of sp³-hybridized carbons (Fsp3) is 0.286. The third kappa shape index (κ3) is 8.21. The number of hydrogen-bond acceptors (Lipinski definition) is 7. The molecular weight excluding hydrogens is 540 g/mol. The summed E-state index contributed by atoms with van der Waals surface area (Å²) in [5.74, 6) is 1.46. The van der Waals surface area contributed by atoms with Gasteiger partial charge in [-0.3, -0.25) is 9.69 Å². The van der Waals surface area contributed by atoms with Crippen LogP contribution in [0.4, 0.5) is 17.1 Å². The molecule has 9 nitrogen and oxygen atoms in total. The Labute approximate surface area is 238 Å². The summed E-state index contributed by atoms with van der Waals surface area (Å²) in [5.41, 5.74) is 2.49. The molecule has 0 aromatic heterocycles. The van der Waals surface area contributed by atoms with Crippen molar-refractivity contribution in [2.45, 2.75) is 0 Å². The van der Waals surface area contributed by atoms with Crippen molar-refractivity contribution in [2.75, 3.05) is 69.6 Å². The number of rotatable bonds is 10. The highest BCUT2D eigenvalue weighted by molar-refractivity contribution is 7.80. The van der Waals surface area contributed by atoms with Crippen LogP contribution < -0.4 is 30.2 Å². The van der Waals surface area contributed by atoms with Gasteiger partial charge in [0.25, 0.3) is 5.91 Å². The van der Waals surface area contributed by atoms with Gasteiger partial charge in [-0.15, -0.1) is 0 Å². The van der Waals surface area contributed by atoms with Crippen LogP contribution in [0.3, 0.4) is 0 Å². The van der Waals surface area contributed by atoms with Gasteiger partial charge >= 0.3 is 0 Å². The summed E-state index contributed by atoms with van der Waals surface area (Å²) in [6.45, 7) is 4.70. The Balaban J connectivity index is 1.28. The highest BCUT2D eigenvalue weighted by atomic mass is 35.5. The van der Waals surface area contributed by atoms with E-state index in [0.29, 0.717) is 50.9 Å². The molecule has 0 unspecified atom stereocenters. The molecule has 39 heavy (non-hydrogen) atoms. The van der Waals surface area contributed by atoms with Crippen LogP contribution in [0.15, 0.2) is 60.7 Å². The number of nitrogens with zero attached hydrogens (tertiary/aromatic N) is 1. The van der Waals surface area contributed by atoms with Crippen LogP contribution in [0.2, 0.25) is 5.02 Å². The van der Waals surface area contributed by atoms with Crippen molar-refractivity contribution in [1.29, 1.82) is 0 Å². The normalized spacial score (nSPS) is 13.3. The minimum Gasteiger partial charge on any atom is -0.495 e. The third-order valence-corrected chi connectivity index (χ3v) is 6.50. The molecule has 1 fully saturated rings. The predicted molar refractivity (Wildman–Crippen MR) is 158 cm³/mol. The molecule has 0 aliphatic carbocycles. The molecule has 1 heterocycles. The van der Waals surface area contributed by atoms with Gasteiger partial charge in [0, 0.05) is 42.6 Å². The van der Waals surface area contributed by atoms with Gasteiger partial charge in [-0.2, -0.15) is 0 Å². The second-order valence-electron chi connectivity index (χ2n) is 8.63. The van der Waals surface area contributed by atoms with Crippen LogP contribution >= 0.6 is 23.8 Å². The van der Waals surface area contributed by atoms with E-state index in [2.05, 4.69) is 20.9 Å². The molecule has 0 spiro atoms. The van der Waals surface area contributed by atoms with Gasteiger partial charge in [0.15, 0.2) is 5.11 Å². The summed E-state index contributed by atoms with van der Waals surface area (Å²) < 4.78 is 21.8. The molecule has 0 radical (unpaired) electrons. The second kappa shape index (κ2) is 14.0. The zero-order valence-corrected chi connectivity index (χ0v) is 23.4. The molecule has 3 aromatic rings. The molecule has 1 amide bonds. The van der Waals surface area contributed by atoms with Gasteiger partial charge < -0.3 is 34.9 Å². The summed E-state index contributed by atoms with van der Waals surface area (Å²) in [6, 6.07) is 17.7. The van der Waals surface area contributed by atoms with E-state index in [1.54, 1.807) is 43.5 Å². The van der Waals surface area contributed by atoms with Crippen LogP contribution in [0.5, 0.6) is 17.2 Å². The maximum atomic E-state index is 12.8. The Hall–Kier alpha value is -3.57. The second-order valence-corrected chi connectivity index (χ2v) is 9.44. The molecule has 11 heteroatoms. The monoisotopic (exact) mass is 570 g/mol. The first-order valence-corrected chi connectivity index (χ1v) is 13.2. The van der Waals surface area contributed by atoms with E-state index >= 15 is 0 Å².